The van der Waals surface area contributed by atoms with Gasteiger partial charge < -0.3 is 9.84 Å². The van der Waals surface area contributed by atoms with E-state index in [1.54, 1.807) is 18.0 Å². The highest BCUT2D eigenvalue weighted by atomic mass is 16.5. The molecule has 0 bridgehead atoms. The van der Waals surface area contributed by atoms with Gasteiger partial charge in [0.05, 0.1) is 23.7 Å². The molecule has 1 aromatic heterocycles. The Bertz CT molecular complexity index is 470. The first-order valence-electron chi connectivity index (χ1n) is 5.96. The molecule has 1 N–H and O–H groups in total. The summed E-state index contributed by atoms with van der Waals surface area (Å²) in [6.45, 7) is 0.643. The SMILES string of the molecule is COCCCC(O)c1cnnn1-c1ccccc1. The Kier molecular flexibility index (Phi) is 4.44. The number of ether oxygens (including phenoxy) is 1. The third kappa shape index (κ3) is 2.94. The van der Waals surface area contributed by atoms with E-state index >= 15 is 0 Å². The van der Waals surface area contributed by atoms with E-state index in [4.69, 9.17) is 4.74 Å². The van der Waals surface area contributed by atoms with Gasteiger partial charge in [-0.25, -0.2) is 4.68 Å². The largest absolute Gasteiger partial charge is 0.387 e. The summed E-state index contributed by atoms with van der Waals surface area (Å²) < 4.78 is 6.64. The third-order valence-corrected chi connectivity index (χ3v) is 2.74. The minimum Gasteiger partial charge on any atom is -0.387 e. The van der Waals surface area contributed by atoms with Crippen LogP contribution in [0.3, 0.4) is 0 Å². The van der Waals surface area contributed by atoms with E-state index in [0.29, 0.717) is 18.7 Å². The summed E-state index contributed by atoms with van der Waals surface area (Å²) in [5.74, 6) is 0. The Morgan fingerprint density at radius 1 is 1.33 bits per heavy atom. The van der Waals surface area contributed by atoms with Gasteiger partial charge in [-0.15, -0.1) is 5.10 Å². The van der Waals surface area contributed by atoms with Crippen molar-refractivity contribution in [3.8, 4) is 5.69 Å². The average Bonchev–Trinajstić information content (AvgIpc) is 2.89. The molecule has 0 saturated carbocycles. The number of rotatable bonds is 6. The first kappa shape index (κ1) is 12.7. The Balaban J connectivity index is 2.12. The topological polar surface area (TPSA) is 60.2 Å². The van der Waals surface area contributed by atoms with E-state index in [2.05, 4.69) is 10.3 Å². The van der Waals surface area contributed by atoms with E-state index in [1.165, 1.54) is 0 Å². The van der Waals surface area contributed by atoms with Crippen LogP contribution in [-0.2, 0) is 4.74 Å². The van der Waals surface area contributed by atoms with Crippen molar-refractivity contribution in [1.29, 1.82) is 0 Å². The molecule has 0 aliphatic heterocycles. The van der Waals surface area contributed by atoms with Crippen LogP contribution in [0.15, 0.2) is 36.5 Å². The van der Waals surface area contributed by atoms with Crippen LogP contribution in [0.2, 0.25) is 0 Å². The molecule has 2 aromatic rings. The van der Waals surface area contributed by atoms with Crippen molar-refractivity contribution in [3.05, 3.63) is 42.2 Å². The smallest absolute Gasteiger partial charge is 0.0978 e. The van der Waals surface area contributed by atoms with Crippen LogP contribution in [-0.4, -0.2) is 33.8 Å². The fourth-order valence-electron chi connectivity index (χ4n) is 1.81. The number of aliphatic hydroxyl groups excluding tert-OH is 1. The molecule has 0 amide bonds. The van der Waals surface area contributed by atoms with Gasteiger partial charge in [0, 0.05) is 13.7 Å². The predicted molar refractivity (Wildman–Crippen MR) is 67.4 cm³/mol. The lowest BCUT2D eigenvalue weighted by molar-refractivity contribution is 0.131. The van der Waals surface area contributed by atoms with Gasteiger partial charge in [0.1, 0.15) is 0 Å². The number of aliphatic hydroxyl groups is 1. The molecule has 0 fully saturated rings. The lowest BCUT2D eigenvalue weighted by Gasteiger charge is -2.11. The number of nitrogens with zero attached hydrogens (tertiary/aromatic N) is 3. The molecule has 96 valence electrons. The van der Waals surface area contributed by atoms with Gasteiger partial charge in [-0.1, -0.05) is 23.4 Å². The molecule has 1 unspecified atom stereocenters. The molecular formula is C13H17N3O2. The fourth-order valence-corrected chi connectivity index (χ4v) is 1.81. The van der Waals surface area contributed by atoms with Crippen LogP contribution in [0, 0.1) is 0 Å². The fraction of sp³-hybridized carbons (Fsp3) is 0.385. The Morgan fingerprint density at radius 3 is 2.83 bits per heavy atom. The molecule has 1 heterocycles. The zero-order valence-corrected chi connectivity index (χ0v) is 10.4. The van der Waals surface area contributed by atoms with Crippen LogP contribution >= 0.6 is 0 Å². The highest BCUT2D eigenvalue weighted by molar-refractivity contribution is 5.31. The van der Waals surface area contributed by atoms with E-state index in [1.807, 2.05) is 30.3 Å². The van der Waals surface area contributed by atoms with Gasteiger partial charge in [-0.2, -0.15) is 0 Å². The lowest BCUT2D eigenvalue weighted by Crippen LogP contribution is -2.08. The zero-order valence-electron chi connectivity index (χ0n) is 10.4. The summed E-state index contributed by atoms with van der Waals surface area (Å²) >= 11 is 0. The Hall–Kier alpha value is -1.72. The van der Waals surface area contributed by atoms with Crippen LogP contribution in [0.25, 0.3) is 5.69 Å². The maximum atomic E-state index is 10.1. The Labute approximate surface area is 106 Å². The highest BCUT2D eigenvalue weighted by Gasteiger charge is 2.14. The Morgan fingerprint density at radius 2 is 2.11 bits per heavy atom. The van der Waals surface area contributed by atoms with Gasteiger partial charge in [-0.3, -0.25) is 0 Å². The van der Waals surface area contributed by atoms with Gasteiger partial charge in [0.25, 0.3) is 0 Å². The normalized spacial score (nSPS) is 12.6. The van der Waals surface area contributed by atoms with Gasteiger partial charge >= 0.3 is 0 Å². The average molecular weight is 247 g/mol. The van der Waals surface area contributed by atoms with Crippen molar-refractivity contribution >= 4 is 0 Å². The minimum absolute atomic E-state index is 0.574. The van der Waals surface area contributed by atoms with E-state index < -0.39 is 6.10 Å². The molecule has 0 aliphatic carbocycles. The van der Waals surface area contributed by atoms with Gasteiger partial charge in [0.15, 0.2) is 0 Å². The number of aromatic nitrogens is 3. The van der Waals surface area contributed by atoms with E-state index in [-0.39, 0.29) is 0 Å². The molecule has 2 rings (SSSR count). The summed E-state index contributed by atoms with van der Waals surface area (Å²) in [5.41, 5.74) is 1.60. The van der Waals surface area contributed by atoms with Crippen LogP contribution in [0.5, 0.6) is 0 Å². The molecule has 1 atom stereocenters. The first-order valence-corrected chi connectivity index (χ1v) is 5.96. The summed E-state index contributed by atoms with van der Waals surface area (Å²) in [5, 5.41) is 18.0. The predicted octanol–water partition coefficient (Wildman–Crippen LogP) is 1.73. The van der Waals surface area contributed by atoms with E-state index in [0.717, 1.165) is 12.1 Å². The molecule has 0 spiro atoms. The van der Waals surface area contributed by atoms with Crippen molar-refractivity contribution in [1.82, 2.24) is 15.0 Å². The van der Waals surface area contributed by atoms with Crippen molar-refractivity contribution in [3.63, 3.8) is 0 Å². The molecule has 1 aromatic carbocycles. The summed E-state index contributed by atoms with van der Waals surface area (Å²) in [7, 11) is 1.65. The quantitative estimate of drug-likeness (QED) is 0.790. The van der Waals surface area contributed by atoms with Gasteiger partial charge in [-0.05, 0) is 25.0 Å². The van der Waals surface area contributed by atoms with Crippen molar-refractivity contribution in [2.75, 3.05) is 13.7 Å². The molecule has 0 aliphatic rings. The number of benzene rings is 1. The molecule has 5 heteroatoms. The van der Waals surface area contributed by atoms with Crippen molar-refractivity contribution in [2.24, 2.45) is 0 Å². The number of hydrogen-bond acceptors (Lipinski definition) is 4. The van der Waals surface area contributed by atoms with Gasteiger partial charge in [0.2, 0.25) is 0 Å². The van der Waals surface area contributed by atoms with Crippen molar-refractivity contribution in [2.45, 2.75) is 18.9 Å². The highest BCUT2D eigenvalue weighted by Crippen LogP contribution is 2.19. The molecular weight excluding hydrogens is 230 g/mol. The molecule has 0 saturated heterocycles. The second-order valence-electron chi connectivity index (χ2n) is 4.06. The summed E-state index contributed by atoms with van der Waals surface area (Å²) in [6.07, 6.45) is 2.46. The second kappa shape index (κ2) is 6.28. The van der Waals surface area contributed by atoms with Crippen LogP contribution in [0.1, 0.15) is 24.6 Å². The lowest BCUT2D eigenvalue weighted by atomic mass is 10.1. The zero-order chi connectivity index (χ0) is 12.8. The second-order valence-corrected chi connectivity index (χ2v) is 4.06. The monoisotopic (exact) mass is 247 g/mol. The van der Waals surface area contributed by atoms with Crippen LogP contribution in [0.4, 0.5) is 0 Å². The summed E-state index contributed by atoms with van der Waals surface area (Å²) in [4.78, 5) is 0. The summed E-state index contributed by atoms with van der Waals surface area (Å²) in [6, 6.07) is 9.66. The maximum Gasteiger partial charge on any atom is 0.0978 e. The van der Waals surface area contributed by atoms with E-state index in [9.17, 15) is 5.11 Å². The molecule has 0 radical (unpaired) electrons. The molecule has 5 nitrogen and oxygen atoms in total. The van der Waals surface area contributed by atoms with Crippen molar-refractivity contribution < 1.29 is 9.84 Å². The van der Waals surface area contributed by atoms with Crippen LogP contribution < -0.4 is 0 Å². The number of para-hydroxylation sites is 1. The molecule has 18 heavy (non-hydrogen) atoms. The first-order chi connectivity index (χ1) is 8.83. The minimum atomic E-state index is -0.574. The number of hydrogen-bond donors (Lipinski definition) is 1. The standard InChI is InChI=1S/C13H17N3O2/c1-18-9-5-8-13(17)12-10-14-15-16(12)11-6-3-2-4-7-11/h2-4,6-7,10,13,17H,5,8-9H2,1H3. The number of methoxy groups -OCH3 is 1. The third-order valence-electron chi connectivity index (χ3n) is 2.74. The maximum absolute atomic E-state index is 10.1.